The van der Waals surface area contributed by atoms with E-state index in [0.717, 1.165) is 6.42 Å². The Hall–Kier alpha value is -1.26. The lowest BCUT2D eigenvalue weighted by molar-refractivity contribution is -0.144. The lowest BCUT2D eigenvalue weighted by Gasteiger charge is -2.31. The van der Waals surface area contributed by atoms with Crippen LogP contribution in [0.4, 0.5) is 4.79 Å². The molecule has 0 aliphatic heterocycles. The SMILES string of the molecule is CCCOC(=O)CC(C)N(C(=O)OCC)C(C)C. The van der Waals surface area contributed by atoms with Crippen LogP contribution in [0, 0.1) is 0 Å². The van der Waals surface area contributed by atoms with Gasteiger partial charge in [0.05, 0.1) is 19.6 Å². The van der Waals surface area contributed by atoms with Gasteiger partial charge >= 0.3 is 12.1 Å². The van der Waals surface area contributed by atoms with Crippen LogP contribution in [0.25, 0.3) is 0 Å². The highest BCUT2D eigenvalue weighted by Crippen LogP contribution is 2.12. The molecule has 0 radical (unpaired) electrons. The van der Waals surface area contributed by atoms with Crippen molar-refractivity contribution in [1.82, 2.24) is 4.90 Å². The Bertz CT molecular complexity index is 266. The van der Waals surface area contributed by atoms with E-state index in [-0.39, 0.29) is 30.6 Å². The van der Waals surface area contributed by atoms with E-state index in [1.807, 2.05) is 27.7 Å². The first-order valence-corrected chi connectivity index (χ1v) is 6.54. The minimum absolute atomic E-state index is 0.0157. The Morgan fingerprint density at radius 2 is 1.72 bits per heavy atom. The minimum atomic E-state index is -0.386. The Morgan fingerprint density at radius 1 is 1.11 bits per heavy atom. The van der Waals surface area contributed by atoms with Gasteiger partial charge in [0.25, 0.3) is 0 Å². The molecule has 0 rings (SSSR count). The van der Waals surface area contributed by atoms with Gasteiger partial charge < -0.3 is 14.4 Å². The molecule has 0 spiro atoms. The number of carbonyl (C=O) groups excluding carboxylic acids is 2. The van der Waals surface area contributed by atoms with Gasteiger partial charge in [-0.2, -0.15) is 0 Å². The third-order valence-electron chi connectivity index (χ3n) is 2.44. The van der Waals surface area contributed by atoms with Crippen LogP contribution in [0.15, 0.2) is 0 Å². The summed E-state index contributed by atoms with van der Waals surface area (Å²) in [6, 6.07) is -0.244. The van der Waals surface area contributed by atoms with Gasteiger partial charge in [0.15, 0.2) is 0 Å². The monoisotopic (exact) mass is 259 g/mol. The van der Waals surface area contributed by atoms with Crippen LogP contribution in [0.2, 0.25) is 0 Å². The maximum atomic E-state index is 11.8. The van der Waals surface area contributed by atoms with E-state index in [1.54, 1.807) is 11.8 Å². The molecule has 0 aromatic carbocycles. The Balaban J connectivity index is 4.43. The maximum Gasteiger partial charge on any atom is 0.410 e. The molecule has 0 aromatic rings. The molecule has 0 heterocycles. The highest BCUT2D eigenvalue weighted by atomic mass is 16.6. The summed E-state index contributed by atoms with van der Waals surface area (Å²) in [5.41, 5.74) is 0. The number of rotatable bonds is 7. The molecule has 0 bridgehead atoms. The van der Waals surface area contributed by atoms with Crippen molar-refractivity contribution < 1.29 is 19.1 Å². The topological polar surface area (TPSA) is 55.8 Å². The van der Waals surface area contributed by atoms with Gasteiger partial charge in [0.2, 0.25) is 0 Å². The molecular weight excluding hydrogens is 234 g/mol. The zero-order valence-corrected chi connectivity index (χ0v) is 12.1. The number of ether oxygens (including phenoxy) is 2. The summed E-state index contributed by atoms with van der Waals surface area (Å²) >= 11 is 0. The molecule has 0 aliphatic rings. The molecule has 18 heavy (non-hydrogen) atoms. The number of hydrogen-bond acceptors (Lipinski definition) is 4. The van der Waals surface area contributed by atoms with Crippen molar-refractivity contribution in [2.45, 2.75) is 59.5 Å². The van der Waals surface area contributed by atoms with Crippen LogP contribution < -0.4 is 0 Å². The molecule has 0 N–H and O–H groups in total. The van der Waals surface area contributed by atoms with E-state index in [1.165, 1.54) is 0 Å². The fourth-order valence-electron chi connectivity index (χ4n) is 1.71. The van der Waals surface area contributed by atoms with Crippen LogP contribution in [-0.2, 0) is 14.3 Å². The van der Waals surface area contributed by atoms with Gasteiger partial charge in [-0.05, 0) is 34.1 Å². The molecule has 0 saturated heterocycles. The van der Waals surface area contributed by atoms with Crippen molar-refractivity contribution in [3.8, 4) is 0 Å². The summed E-state index contributed by atoms with van der Waals surface area (Å²) < 4.78 is 10.00. The highest BCUT2D eigenvalue weighted by Gasteiger charge is 2.26. The van der Waals surface area contributed by atoms with Crippen molar-refractivity contribution in [3.63, 3.8) is 0 Å². The number of nitrogens with zero attached hydrogens (tertiary/aromatic N) is 1. The smallest absolute Gasteiger partial charge is 0.410 e. The van der Waals surface area contributed by atoms with Crippen molar-refractivity contribution in [2.75, 3.05) is 13.2 Å². The standard InChI is InChI=1S/C13H25NO4/c1-6-8-18-12(15)9-11(5)14(10(3)4)13(16)17-7-2/h10-11H,6-9H2,1-5H3. The van der Waals surface area contributed by atoms with Gasteiger partial charge in [-0.15, -0.1) is 0 Å². The summed E-state index contributed by atoms with van der Waals surface area (Å²) in [5.74, 6) is -0.278. The van der Waals surface area contributed by atoms with Gasteiger partial charge in [0.1, 0.15) is 0 Å². The van der Waals surface area contributed by atoms with Gasteiger partial charge in [-0.3, -0.25) is 4.79 Å². The van der Waals surface area contributed by atoms with E-state index >= 15 is 0 Å². The van der Waals surface area contributed by atoms with E-state index in [4.69, 9.17) is 9.47 Å². The third kappa shape index (κ3) is 5.89. The first-order chi connectivity index (χ1) is 8.43. The zero-order valence-electron chi connectivity index (χ0n) is 12.1. The molecule has 5 nitrogen and oxygen atoms in total. The third-order valence-corrected chi connectivity index (χ3v) is 2.44. The van der Waals surface area contributed by atoms with E-state index in [0.29, 0.717) is 13.2 Å². The summed E-state index contributed by atoms with van der Waals surface area (Å²) in [4.78, 5) is 24.9. The minimum Gasteiger partial charge on any atom is -0.466 e. The molecule has 0 saturated carbocycles. The second-order valence-electron chi connectivity index (χ2n) is 4.47. The van der Waals surface area contributed by atoms with Crippen LogP contribution >= 0.6 is 0 Å². The van der Waals surface area contributed by atoms with E-state index in [9.17, 15) is 9.59 Å². The molecule has 5 heteroatoms. The van der Waals surface area contributed by atoms with Crippen molar-refractivity contribution >= 4 is 12.1 Å². The molecular formula is C13H25NO4. The Morgan fingerprint density at radius 3 is 2.17 bits per heavy atom. The van der Waals surface area contributed by atoms with Gasteiger partial charge in [-0.1, -0.05) is 6.92 Å². The molecule has 0 aliphatic carbocycles. The van der Waals surface area contributed by atoms with Crippen molar-refractivity contribution in [2.24, 2.45) is 0 Å². The van der Waals surface area contributed by atoms with Crippen molar-refractivity contribution in [1.29, 1.82) is 0 Å². The predicted molar refractivity (Wildman–Crippen MR) is 69.3 cm³/mol. The normalized spacial score (nSPS) is 12.1. The average molecular weight is 259 g/mol. The van der Waals surface area contributed by atoms with Gasteiger partial charge in [0, 0.05) is 12.1 Å². The fourth-order valence-corrected chi connectivity index (χ4v) is 1.71. The first kappa shape index (κ1) is 16.7. The van der Waals surface area contributed by atoms with E-state index < -0.39 is 0 Å². The second kappa shape index (κ2) is 8.78. The molecule has 1 amide bonds. The van der Waals surface area contributed by atoms with Crippen molar-refractivity contribution in [3.05, 3.63) is 0 Å². The highest BCUT2D eigenvalue weighted by molar-refractivity contribution is 5.73. The number of hydrogen-bond donors (Lipinski definition) is 0. The van der Waals surface area contributed by atoms with Gasteiger partial charge in [-0.25, -0.2) is 4.79 Å². The Labute approximate surface area is 109 Å². The summed E-state index contributed by atoms with van der Waals surface area (Å²) in [6.07, 6.45) is 0.603. The lowest BCUT2D eigenvalue weighted by atomic mass is 10.1. The fraction of sp³-hybridized carbons (Fsp3) is 0.846. The Kier molecular flexibility index (Phi) is 8.16. The molecule has 1 unspecified atom stereocenters. The number of amides is 1. The van der Waals surface area contributed by atoms with Crippen LogP contribution in [-0.4, -0.2) is 42.3 Å². The number of carbonyl (C=O) groups is 2. The van der Waals surface area contributed by atoms with Crippen LogP contribution in [0.1, 0.15) is 47.5 Å². The molecule has 1 atom stereocenters. The maximum absolute atomic E-state index is 11.8. The zero-order chi connectivity index (χ0) is 14.1. The molecule has 106 valence electrons. The second-order valence-corrected chi connectivity index (χ2v) is 4.47. The molecule has 0 aromatic heterocycles. The largest absolute Gasteiger partial charge is 0.466 e. The predicted octanol–water partition coefficient (Wildman–Crippen LogP) is 2.59. The average Bonchev–Trinajstić information content (AvgIpc) is 2.26. The van der Waals surface area contributed by atoms with Crippen LogP contribution in [0.5, 0.6) is 0 Å². The summed E-state index contributed by atoms with van der Waals surface area (Å²) in [7, 11) is 0. The van der Waals surface area contributed by atoms with E-state index in [2.05, 4.69) is 0 Å². The first-order valence-electron chi connectivity index (χ1n) is 6.54. The van der Waals surface area contributed by atoms with Crippen LogP contribution in [0.3, 0.4) is 0 Å². The number of esters is 1. The quantitative estimate of drug-likeness (QED) is 0.659. The molecule has 0 fully saturated rings. The lowest BCUT2D eigenvalue weighted by Crippen LogP contribution is -2.44. The summed E-state index contributed by atoms with van der Waals surface area (Å²) in [6.45, 7) is 10.1. The summed E-state index contributed by atoms with van der Waals surface area (Å²) in [5, 5.41) is 0.